The second-order valence-corrected chi connectivity index (χ2v) is 17.1. The fourth-order valence-corrected chi connectivity index (χ4v) is 8.86. The van der Waals surface area contributed by atoms with Crippen LogP contribution in [0.15, 0.2) is 30.7 Å². The third-order valence-electron chi connectivity index (χ3n) is 12.1. The molecule has 0 bridgehead atoms. The van der Waals surface area contributed by atoms with Gasteiger partial charge in [0, 0.05) is 36.7 Å². The third-order valence-corrected chi connectivity index (χ3v) is 12.5. The Morgan fingerprint density at radius 3 is 2.45 bits per heavy atom. The number of likely N-dealkylation sites (tertiary alicyclic amines) is 1. The standard InChI is InChI=1S/C39H42ClF5N8O2/c1-19(2)52-18-47-26-13-24(48-33(31(26)52)49-25-12-23(28(40)30(43)29(25)42)34(54)50-39(8-9-39)35(44)45)20-11-27-32(46-16-20)37(3,4)36(55)53(27)22-14-38(5,15-22)51-10-6-7-21(41)17-51/h11-13,16,18-19,21-22,35H,6-10,14-15,17H2,1-5H3,(H,48,49)(H,50,54)/p+1. The highest BCUT2D eigenvalue weighted by Crippen LogP contribution is 2.48. The predicted octanol–water partition coefficient (Wildman–Crippen LogP) is 6.84. The number of anilines is 3. The van der Waals surface area contributed by atoms with E-state index in [1.807, 2.05) is 38.7 Å². The van der Waals surface area contributed by atoms with E-state index in [1.54, 1.807) is 23.2 Å². The van der Waals surface area contributed by atoms with Crippen molar-refractivity contribution in [3.05, 3.63) is 58.6 Å². The smallest absolute Gasteiger partial charge is 0.261 e. The molecule has 55 heavy (non-hydrogen) atoms. The Bertz CT molecular complexity index is 2240. The van der Waals surface area contributed by atoms with Gasteiger partial charge in [0.2, 0.25) is 5.91 Å². The molecule has 292 valence electrons. The number of pyridine rings is 2. The topological polar surface area (TPSA) is 109 Å². The number of aromatic nitrogens is 4. The van der Waals surface area contributed by atoms with Crippen LogP contribution in [-0.2, 0) is 10.2 Å². The number of hydrogen-bond donors (Lipinski definition) is 3. The molecule has 4 aliphatic rings. The van der Waals surface area contributed by atoms with Crippen LogP contribution in [0.2, 0.25) is 5.02 Å². The second-order valence-electron chi connectivity index (χ2n) is 16.7. The van der Waals surface area contributed by atoms with Gasteiger partial charge in [-0.15, -0.1) is 0 Å². The summed E-state index contributed by atoms with van der Waals surface area (Å²) in [5.74, 6) is -4.00. The van der Waals surface area contributed by atoms with Crippen molar-refractivity contribution in [2.45, 2.75) is 114 Å². The van der Waals surface area contributed by atoms with Gasteiger partial charge in [0.1, 0.15) is 23.8 Å². The summed E-state index contributed by atoms with van der Waals surface area (Å²) in [6.45, 7) is 11.1. The highest BCUT2D eigenvalue weighted by Gasteiger charge is 2.57. The fourth-order valence-electron chi connectivity index (χ4n) is 8.64. The van der Waals surface area contributed by atoms with Crippen molar-refractivity contribution in [3.8, 4) is 11.3 Å². The molecule has 10 nitrogen and oxygen atoms in total. The minimum Gasteiger partial charge on any atom is -0.341 e. The molecule has 2 aliphatic heterocycles. The summed E-state index contributed by atoms with van der Waals surface area (Å²) in [5.41, 5.74) is -0.711. The van der Waals surface area contributed by atoms with E-state index in [4.69, 9.17) is 21.6 Å². The lowest BCUT2D eigenvalue weighted by Gasteiger charge is -2.53. The molecule has 0 spiro atoms. The van der Waals surface area contributed by atoms with Crippen LogP contribution in [-0.4, -0.2) is 74.1 Å². The zero-order valence-electron chi connectivity index (χ0n) is 31.2. The van der Waals surface area contributed by atoms with E-state index in [9.17, 15) is 22.8 Å². The molecule has 2 amide bonds. The molecule has 2 unspecified atom stereocenters. The van der Waals surface area contributed by atoms with Crippen molar-refractivity contribution >= 4 is 51.6 Å². The van der Waals surface area contributed by atoms with Crippen LogP contribution in [0.4, 0.5) is 39.1 Å². The number of quaternary nitrogens is 1. The molecule has 8 rings (SSSR count). The number of fused-ring (bicyclic) bond motifs is 2. The van der Waals surface area contributed by atoms with Gasteiger partial charge in [-0.1, -0.05) is 11.6 Å². The van der Waals surface area contributed by atoms with Gasteiger partial charge in [-0.2, -0.15) is 0 Å². The molecule has 3 N–H and O–H groups in total. The Labute approximate surface area is 319 Å². The predicted molar refractivity (Wildman–Crippen MR) is 198 cm³/mol. The molecule has 3 fully saturated rings. The first-order chi connectivity index (χ1) is 25.9. The SMILES string of the molecule is CC(C)n1cnc2cc(-c3cnc4c(c3)N(C3CC(C)([NH+]5CCCC(F)C5)C3)C(=O)C4(C)C)nc(Nc3cc(C(=O)NC4(C(F)F)CC4)c(Cl)c(F)c3F)c21. The van der Waals surface area contributed by atoms with E-state index < -0.39 is 57.4 Å². The summed E-state index contributed by atoms with van der Waals surface area (Å²) in [6.07, 6.45) is 2.48. The van der Waals surface area contributed by atoms with E-state index in [2.05, 4.69) is 22.5 Å². The maximum absolute atomic E-state index is 15.6. The average Bonchev–Trinajstić information content (AvgIpc) is 3.73. The summed E-state index contributed by atoms with van der Waals surface area (Å²) in [5, 5.41) is 4.25. The number of hydrogen-bond acceptors (Lipinski definition) is 6. The minimum atomic E-state index is -2.85. The van der Waals surface area contributed by atoms with Gasteiger partial charge in [-0.3, -0.25) is 14.6 Å². The Kier molecular flexibility index (Phi) is 8.95. The zero-order chi connectivity index (χ0) is 39.4. The van der Waals surface area contributed by atoms with E-state index in [-0.39, 0.29) is 42.2 Å². The first-order valence-corrected chi connectivity index (χ1v) is 19.1. The van der Waals surface area contributed by atoms with E-state index in [0.29, 0.717) is 46.6 Å². The van der Waals surface area contributed by atoms with Gasteiger partial charge >= 0.3 is 0 Å². The van der Waals surface area contributed by atoms with E-state index in [1.165, 1.54) is 4.90 Å². The summed E-state index contributed by atoms with van der Waals surface area (Å²) in [6, 6.07) is 4.34. The molecule has 16 heteroatoms. The quantitative estimate of drug-likeness (QED) is 0.127. The first-order valence-electron chi connectivity index (χ1n) is 18.7. The van der Waals surface area contributed by atoms with Crippen LogP contribution < -0.4 is 20.4 Å². The van der Waals surface area contributed by atoms with Crippen LogP contribution in [0.1, 0.15) is 95.2 Å². The molecule has 5 heterocycles. The molecule has 2 atom stereocenters. The number of nitrogens with one attached hydrogen (secondary N) is 3. The van der Waals surface area contributed by atoms with Gasteiger partial charge in [0.25, 0.3) is 12.3 Å². The number of halogens is 6. The molecule has 4 aromatic rings. The number of imidazole rings is 1. The lowest BCUT2D eigenvalue weighted by Crippen LogP contribution is -3.23. The Morgan fingerprint density at radius 2 is 1.80 bits per heavy atom. The highest BCUT2D eigenvalue weighted by atomic mass is 35.5. The van der Waals surface area contributed by atoms with Crippen molar-refractivity contribution in [2.75, 3.05) is 23.3 Å². The first kappa shape index (κ1) is 37.5. The van der Waals surface area contributed by atoms with Crippen molar-refractivity contribution in [3.63, 3.8) is 0 Å². The zero-order valence-corrected chi connectivity index (χ0v) is 31.9. The lowest BCUT2D eigenvalue weighted by atomic mass is 9.71. The second kappa shape index (κ2) is 13.1. The summed E-state index contributed by atoms with van der Waals surface area (Å²) >= 11 is 6.06. The van der Waals surface area contributed by atoms with Crippen molar-refractivity contribution in [2.24, 2.45) is 0 Å². The maximum Gasteiger partial charge on any atom is 0.261 e. The van der Waals surface area contributed by atoms with Crippen molar-refractivity contribution < 1.29 is 36.4 Å². The Balaban J connectivity index is 1.16. The fraction of sp³-hybridized carbons (Fsp3) is 0.513. The number of benzene rings is 1. The maximum atomic E-state index is 15.6. The molecule has 0 radical (unpaired) electrons. The molecule has 3 aromatic heterocycles. The normalized spacial score (nSPS) is 25.4. The number of rotatable bonds is 9. The van der Waals surface area contributed by atoms with E-state index in [0.717, 1.165) is 31.9 Å². The van der Waals surface area contributed by atoms with Crippen LogP contribution in [0.5, 0.6) is 0 Å². The monoisotopic (exact) mass is 785 g/mol. The summed E-state index contributed by atoms with van der Waals surface area (Å²) in [4.78, 5) is 44.4. The van der Waals surface area contributed by atoms with Crippen LogP contribution in [0, 0.1) is 11.6 Å². The Hall–Kier alpha value is -4.37. The molecule has 2 aliphatic carbocycles. The van der Waals surface area contributed by atoms with Gasteiger partial charge in [-0.25, -0.2) is 31.9 Å². The average molecular weight is 786 g/mol. The highest BCUT2D eigenvalue weighted by molar-refractivity contribution is 6.34. The number of amides is 2. The third kappa shape index (κ3) is 6.12. The molecule has 1 aromatic carbocycles. The molecular weight excluding hydrogens is 743 g/mol. The van der Waals surface area contributed by atoms with Gasteiger partial charge < -0.3 is 25.0 Å². The van der Waals surface area contributed by atoms with Crippen LogP contribution >= 0.6 is 11.6 Å². The number of carbonyl (C=O) groups is 2. The van der Waals surface area contributed by atoms with Gasteiger partial charge in [0.05, 0.1) is 62.7 Å². The van der Waals surface area contributed by atoms with Gasteiger partial charge in [-0.05, 0) is 78.5 Å². The minimum absolute atomic E-state index is 0.0398. The summed E-state index contributed by atoms with van der Waals surface area (Å²) in [7, 11) is 0. The molecular formula is C39H43ClF5N8O2+. The largest absolute Gasteiger partial charge is 0.341 e. The number of nitrogens with zero attached hydrogens (tertiary/aromatic N) is 5. The number of alkyl halides is 3. The summed E-state index contributed by atoms with van der Waals surface area (Å²) < 4.78 is 74.3. The van der Waals surface area contributed by atoms with E-state index >= 15 is 8.78 Å². The van der Waals surface area contributed by atoms with Crippen molar-refractivity contribution in [1.82, 2.24) is 24.8 Å². The Morgan fingerprint density at radius 1 is 1.07 bits per heavy atom. The number of piperidine rings is 1. The van der Waals surface area contributed by atoms with Crippen LogP contribution in [0.3, 0.4) is 0 Å². The number of carbonyl (C=O) groups excluding carboxylic acids is 2. The van der Waals surface area contributed by atoms with Gasteiger partial charge in [0.15, 0.2) is 17.5 Å². The molecule has 1 saturated heterocycles. The lowest BCUT2D eigenvalue weighted by molar-refractivity contribution is -0.964. The molecule has 2 saturated carbocycles. The van der Waals surface area contributed by atoms with Crippen LogP contribution in [0.25, 0.3) is 22.3 Å². The van der Waals surface area contributed by atoms with Crippen molar-refractivity contribution in [1.29, 1.82) is 0 Å².